The standard InChI is InChI=1S/C36H36N.C28H30N.C27H28N.C25H24N/c1-25-9-7-8-12-34(25)36-23-35(26(2)24-37(36)3)33-20-19-31-21-30(17-18-32(31)22-33)29-15-13-28(14-16-29)27-10-5-4-6-11-27;1-19-9-7-8-10-25(19)27-17-26(20(2)18-29(27)6)23-12-11-22-16-24(28(3,4)5)14-13-21(22)15-23;1-18(2)21-10-11-23-15-24(13-12-22(23)14-21)26-16-27(28(5)17-20(26)4)25-9-7-6-8-19(25)3;1-17-9-10-21-14-22(12-11-20(21)13-17)24-15-25(26(4)16-19(24)3)23-8-6-5-7-18(23)2/h7-9,12-24,27H,4-6,10-11H2,1-3H3;7-18H,1-6H3;6-18H,1-5H3;5-16H,1-4H3/q4*+1/i;2D3;4D3,18D;3D3. The molecule has 0 spiro atoms. The zero-order valence-electron chi connectivity index (χ0n) is 82.4. The zero-order chi connectivity index (χ0) is 92.6. The van der Waals surface area contributed by atoms with Gasteiger partial charge < -0.3 is 0 Å². The maximum Gasteiger partial charge on any atom is 0.213 e. The van der Waals surface area contributed by atoms with Gasteiger partial charge in [0.1, 0.15) is 28.2 Å². The molecule has 0 unspecified atom stereocenters. The van der Waals surface area contributed by atoms with E-state index in [1.54, 1.807) is 18.6 Å². The first-order chi connectivity index (χ1) is 61.7. The van der Waals surface area contributed by atoms with Crippen LogP contribution in [0.3, 0.4) is 0 Å². The van der Waals surface area contributed by atoms with Crippen LogP contribution >= 0.6 is 0 Å². The molecule has 13 aromatic carbocycles. The van der Waals surface area contributed by atoms with Gasteiger partial charge in [-0.3, -0.25) is 0 Å². The molecule has 0 amide bonds. The molecule has 1 saturated carbocycles. The Balaban J connectivity index is 0.000000133. The van der Waals surface area contributed by atoms with Crippen LogP contribution in [0.1, 0.15) is 159 Å². The molecule has 0 radical (unpaired) electrons. The van der Waals surface area contributed by atoms with Crippen LogP contribution < -0.4 is 18.3 Å². The van der Waals surface area contributed by atoms with Crippen molar-refractivity contribution in [3.05, 3.63) is 383 Å². The molecule has 17 aromatic rings. The smallest absolute Gasteiger partial charge is 0.201 e. The third kappa shape index (κ3) is 18.2. The Morgan fingerprint density at radius 1 is 0.292 bits per heavy atom. The molecule has 4 aromatic heterocycles. The van der Waals surface area contributed by atoms with E-state index < -0.39 is 26.4 Å². The van der Waals surface area contributed by atoms with E-state index in [1.165, 1.54) is 104 Å². The summed E-state index contributed by atoms with van der Waals surface area (Å²) in [6.07, 6.45) is 14.4. The van der Waals surface area contributed by atoms with Crippen molar-refractivity contribution >= 4 is 43.1 Å². The molecule has 1 fully saturated rings. The molecule has 0 aliphatic heterocycles. The molecule has 0 saturated heterocycles. The highest BCUT2D eigenvalue weighted by Crippen LogP contribution is 2.40. The van der Waals surface area contributed by atoms with Gasteiger partial charge in [0, 0.05) is 82.5 Å². The van der Waals surface area contributed by atoms with Gasteiger partial charge in [-0.1, -0.05) is 272 Å². The lowest BCUT2D eigenvalue weighted by Gasteiger charge is -2.22. The lowest BCUT2D eigenvalue weighted by molar-refractivity contribution is -0.660. The number of hydrogen-bond donors (Lipinski definition) is 0. The summed E-state index contributed by atoms with van der Waals surface area (Å²) in [5.41, 5.74) is 31.0. The number of nitrogens with zero attached hydrogens (tertiary/aromatic N) is 4. The highest BCUT2D eigenvalue weighted by molar-refractivity contribution is 5.94. The molecular formula is C116H118N4+4. The third-order valence-corrected chi connectivity index (χ3v) is 24.5. The molecular weight excluding hydrogens is 1450 g/mol. The van der Waals surface area contributed by atoms with Crippen molar-refractivity contribution in [2.24, 2.45) is 28.2 Å². The van der Waals surface area contributed by atoms with Crippen molar-refractivity contribution in [2.45, 2.75) is 146 Å². The molecule has 1 aliphatic rings. The first-order valence-electron chi connectivity index (χ1n) is 47.3. The minimum Gasteiger partial charge on any atom is -0.201 e. The Labute approximate surface area is 728 Å². The number of rotatable bonds is 11. The van der Waals surface area contributed by atoms with Crippen LogP contribution in [0.15, 0.2) is 316 Å². The number of fused-ring (bicyclic) bond motifs is 4. The van der Waals surface area contributed by atoms with Gasteiger partial charge in [-0.25, -0.2) is 18.3 Å². The van der Waals surface area contributed by atoms with Crippen LogP contribution in [0, 0.1) is 62.1 Å². The van der Waals surface area contributed by atoms with Gasteiger partial charge in [0.05, 0.1) is 0 Å². The predicted molar refractivity (Wildman–Crippen MR) is 511 cm³/mol. The molecule has 18 rings (SSSR count). The molecule has 0 atom stereocenters. The summed E-state index contributed by atoms with van der Waals surface area (Å²) < 4.78 is 89.4. The van der Waals surface area contributed by atoms with Gasteiger partial charge in [0.25, 0.3) is 0 Å². The summed E-state index contributed by atoms with van der Waals surface area (Å²) in [7, 11) is 7.85. The fourth-order valence-corrected chi connectivity index (χ4v) is 17.4. The van der Waals surface area contributed by atoms with Crippen molar-refractivity contribution < 1.29 is 32.0 Å². The molecule has 0 bridgehead atoms. The van der Waals surface area contributed by atoms with E-state index in [-0.39, 0.29) is 5.41 Å². The minimum absolute atomic E-state index is 0.0813. The summed E-state index contributed by atoms with van der Waals surface area (Å²) in [6.45, 7) is 16.4. The molecule has 0 N–H and O–H groups in total. The van der Waals surface area contributed by atoms with Gasteiger partial charge in [-0.2, -0.15) is 0 Å². The van der Waals surface area contributed by atoms with Crippen LogP contribution in [0.4, 0.5) is 0 Å². The maximum absolute atomic E-state index is 8.30. The van der Waals surface area contributed by atoms with E-state index in [0.29, 0.717) is 22.3 Å². The first-order valence-corrected chi connectivity index (χ1v) is 42.3. The average molecular weight is 1580 g/mol. The van der Waals surface area contributed by atoms with Crippen LogP contribution in [-0.2, 0) is 33.6 Å². The van der Waals surface area contributed by atoms with E-state index >= 15 is 0 Å². The largest absolute Gasteiger partial charge is 0.213 e. The minimum atomic E-state index is -2.23. The van der Waals surface area contributed by atoms with E-state index in [4.69, 9.17) is 13.7 Å². The zero-order valence-corrected chi connectivity index (χ0v) is 72.4. The molecule has 4 heteroatoms. The van der Waals surface area contributed by atoms with E-state index in [1.807, 2.05) is 152 Å². The lowest BCUT2D eigenvalue weighted by atomic mass is 9.83. The maximum atomic E-state index is 8.30. The van der Waals surface area contributed by atoms with Gasteiger partial charge >= 0.3 is 0 Å². The van der Waals surface area contributed by atoms with Crippen LogP contribution in [0.2, 0.25) is 0 Å². The van der Waals surface area contributed by atoms with Crippen LogP contribution in [0.5, 0.6) is 0 Å². The fraction of sp³-hybridized carbons (Fsp3) is 0.224. The van der Waals surface area contributed by atoms with E-state index in [9.17, 15) is 0 Å². The molecule has 120 heavy (non-hydrogen) atoms. The summed E-state index contributed by atoms with van der Waals surface area (Å²) in [5.74, 6) is 0.0885. The SMILES string of the molecule is Cc1c[n+](C)c(-c2ccccc2C)cc1-c1ccc2cc(-c3ccc(C4CCCCC4)cc3)ccc2c1.[2H]C([2H])([2H])c1c[n+](C)c(-c2ccccc2C)cc1-c1ccc2cc(C(C)(C)C)ccc2c1.[2H]C([2H])([2H])c1c[n+](C)c(-c2ccccc2C)cc1-c1ccc2cc(C([2H])(C)C)ccc2c1.[2H]C([2H])([2H])c1c[n+](C)c(-c2ccccc2C)cc1-c1ccc2cc(C)ccc2c1. The molecule has 4 heterocycles. The van der Waals surface area contributed by atoms with Crippen molar-refractivity contribution in [1.82, 2.24) is 0 Å². The lowest BCUT2D eigenvalue weighted by Crippen LogP contribution is -2.31. The summed E-state index contributed by atoms with van der Waals surface area (Å²) in [5, 5.41) is 9.18. The number of hydrogen-bond acceptors (Lipinski definition) is 0. The fourth-order valence-electron chi connectivity index (χ4n) is 17.4. The normalized spacial score (nSPS) is 13.9. The molecule has 4 nitrogen and oxygen atoms in total. The summed E-state index contributed by atoms with van der Waals surface area (Å²) in [6, 6.07) is 102. The Kier molecular flexibility index (Phi) is 20.9. The van der Waals surface area contributed by atoms with Crippen molar-refractivity contribution in [3.8, 4) is 101 Å². The Bertz CT molecular complexity index is 6910. The highest BCUT2D eigenvalue weighted by atomic mass is 14.9. The number of benzene rings is 13. The highest BCUT2D eigenvalue weighted by Gasteiger charge is 2.24. The van der Waals surface area contributed by atoms with Crippen LogP contribution in [0.25, 0.3) is 144 Å². The quantitative estimate of drug-likeness (QED) is 0.115. The Morgan fingerprint density at radius 2 is 0.600 bits per heavy atom. The number of aryl methyl sites for hydroxylation is 13. The van der Waals surface area contributed by atoms with E-state index in [2.05, 4.69) is 268 Å². The Morgan fingerprint density at radius 3 is 0.975 bits per heavy atom. The predicted octanol–water partition coefficient (Wildman–Crippen LogP) is 28.9. The van der Waals surface area contributed by atoms with Crippen molar-refractivity contribution in [1.29, 1.82) is 0 Å². The summed E-state index contributed by atoms with van der Waals surface area (Å²) >= 11 is 0. The second-order valence-corrected chi connectivity index (χ2v) is 34.5. The third-order valence-electron chi connectivity index (χ3n) is 24.5. The number of aromatic nitrogens is 4. The topological polar surface area (TPSA) is 15.5 Å². The Hall–Kier alpha value is -12.5. The summed E-state index contributed by atoms with van der Waals surface area (Å²) in [4.78, 5) is 0. The second-order valence-electron chi connectivity index (χ2n) is 34.5. The monoisotopic (exact) mass is 1580 g/mol. The number of pyridine rings is 4. The molecule has 598 valence electrons. The van der Waals surface area contributed by atoms with Gasteiger partial charge in [0.15, 0.2) is 24.8 Å². The first kappa shape index (κ1) is 70.5. The van der Waals surface area contributed by atoms with Gasteiger partial charge in [-0.05, 0) is 284 Å². The van der Waals surface area contributed by atoms with Crippen molar-refractivity contribution in [2.75, 3.05) is 0 Å². The van der Waals surface area contributed by atoms with Crippen LogP contribution in [-0.4, -0.2) is 0 Å². The van der Waals surface area contributed by atoms with Gasteiger partial charge in [-0.15, -0.1) is 0 Å². The molecule has 1 aliphatic carbocycles. The average Bonchev–Trinajstić information content (AvgIpc) is 0.768. The second kappa shape index (κ2) is 35.6. The van der Waals surface area contributed by atoms with Crippen molar-refractivity contribution in [3.63, 3.8) is 0 Å². The van der Waals surface area contributed by atoms with E-state index in [0.717, 1.165) is 122 Å². The van der Waals surface area contributed by atoms with Gasteiger partial charge in [0.2, 0.25) is 22.8 Å².